The number of unbranched alkanes of at least 4 members (excludes halogenated alkanes) is 1. The Morgan fingerprint density at radius 2 is 1.60 bits per heavy atom. The normalized spacial score (nSPS) is 15.8. The third-order valence-electron chi connectivity index (χ3n) is 9.20. The highest BCUT2D eigenvalue weighted by Crippen LogP contribution is 2.42. The van der Waals surface area contributed by atoms with Crippen molar-refractivity contribution in [3.05, 3.63) is 71.8 Å². The quantitative estimate of drug-likeness (QED) is 0.0235. The molecule has 0 N–H and O–H groups in total. The Morgan fingerprint density at radius 3 is 2.17 bits per heavy atom. The number of ether oxygens (including phenoxy) is 2. The lowest BCUT2D eigenvalue weighted by Gasteiger charge is -2.42. The van der Waals surface area contributed by atoms with Crippen LogP contribution in [0.5, 0.6) is 0 Å². The zero-order chi connectivity index (χ0) is 36.3. The second kappa shape index (κ2) is 23.3. The fourth-order valence-corrected chi connectivity index (χ4v) is 13.2. The van der Waals surface area contributed by atoms with Gasteiger partial charge in [0.25, 0.3) is 10.1 Å². The predicted molar refractivity (Wildman–Crippen MR) is 210 cm³/mol. The molecule has 0 saturated carbocycles. The molecule has 0 heterocycles. The van der Waals surface area contributed by atoms with E-state index >= 15 is 0 Å². The van der Waals surface area contributed by atoms with Crippen molar-refractivity contribution < 1.29 is 26.5 Å². The van der Waals surface area contributed by atoms with E-state index in [0.717, 1.165) is 49.7 Å². The van der Waals surface area contributed by atoms with Gasteiger partial charge < -0.3 is 13.9 Å². The summed E-state index contributed by atoms with van der Waals surface area (Å²) in [5.41, 5.74) is 5.21. The van der Waals surface area contributed by atoms with Crippen molar-refractivity contribution in [2.45, 2.75) is 130 Å². The standard InChI is InChI=1S/C39H68O6S2Si/c1-30(2)48(31(3)4,32(5)6)44-24-22-35(9)36(10)26-33(7)25-34(8)27-39(45-47(12,40)41)38(43-29-46-11)21-17-14-18-23-42-28-37-19-15-13-16-20-37/h13,15-17,19-21,26,30-32,34-35,38-39H,7,14,18,22-25,27-29H2,1-6,8-12H3/b21-17+,36-26+/t34-,35+,38+,39-/m1/s1. The summed E-state index contributed by atoms with van der Waals surface area (Å²) in [4.78, 5) is 0. The number of hydrogen-bond acceptors (Lipinski definition) is 7. The maximum atomic E-state index is 12.3. The van der Waals surface area contributed by atoms with Crippen molar-refractivity contribution >= 4 is 30.2 Å². The van der Waals surface area contributed by atoms with Gasteiger partial charge in [0.15, 0.2) is 8.32 Å². The van der Waals surface area contributed by atoms with Gasteiger partial charge in [0.05, 0.1) is 18.8 Å². The summed E-state index contributed by atoms with van der Waals surface area (Å²) in [7, 11) is -5.56. The number of benzene rings is 1. The maximum Gasteiger partial charge on any atom is 0.264 e. The number of hydrogen-bond donors (Lipinski definition) is 0. The molecule has 1 aromatic carbocycles. The summed E-state index contributed by atoms with van der Waals surface area (Å²) < 4.78 is 49.0. The van der Waals surface area contributed by atoms with Crippen molar-refractivity contribution in [3.8, 4) is 0 Å². The van der Waals surface area contributed by atoms with Gasteiger partial charge in [0.2, 0.25) is 0 Å². The van der Waals surface area contributed by atoms with Gasteiger partial charge in [-0.15, -0.1) is 11.8 Å². The predicted octanol–water partition coefficient (Wildman–Crippen LogP) is 10.7. The molecule has 0 spiro atoms. The average Bonchev–Trinajstić information content (AvgIpc) is 2.98. The van der Waals surface area contributed by atoms with Crippen LogP contribution in [-0.2, 0) is 34.8 Å². The Bertz CT molecular complexity index is 1170. The van der Waals surface area contributed by atoms with Crippen LogP contribution >= 0.6 is 11.8 Å². The summed E-state index contributed by atoms with van der Waals surface area (Å²) in [5, 5.41) is 0. The molecule has 4 atom stereocenters. The van der Waals surface area contributed by atoms with Gasteiger partial charge in [-0.05, 0) is 79.3 Å². The highest BCUT2D eigenvalue weighted by atomic mass is 32.2. The smallest absolute Gasteiger partial charge is 0.264 e. The molecule has 0 bridgehead atoms. The van der Waals surface area contributed by atoms with Gasteiger partial charge in [0, 0.05) is 13.2 Å². The number of rotatable bonds is 26. The van der Waals surface area contributed by atoms with Gasteiger partial charge in [0.1, 0.15) is 12.2 Å². The van der Waals surface area contributed by atoms with Gasteiger partial charge in [-0.1, -0.05) is 122 Å². The second-order valence-electron chi connectivity index (χ2n) is 14.4. The van der Waals surface area contributed by atoms with Crippen LogP contribution in [0.3, 0.4) is 0 Å². The van der Waals surface area contributed by atoms with E-state index in [4.69, 9.17) is 18.1 Å². The Kier molecular flexibility index (Phi) is 21.8. The van der Waals surface area contributed by atoms with Crippen molar-refractivity contribution in [2.75, 3.05) is 31.7 Å². The molecule has 0 radical (unpaired) electrons. The first kappa shape index (κ1) is 44.8. The third-order valence-corrected chi connectivity index (χ3v) is 16.3. The monoisotopic (exact) mass is 724 g/mol. The lowest BCUT2D eigenvalue weighted by Crippen LogP contribution is -2.48. The van der Waals surface area contributed by atoms with Crippen LogP contribution in [-0.4, -0.2) is 60.6 Å². The summed E-state index contributed by atoms with van der Waals surface area (Å²) in [5.74, 6) is 0.968. The van der Waals surface area contributed by atoms with Crippen LogP contribution in [0.4, 0.5) is 0 Å². The molecule has 0 aromatic heterocycles. The molecule has 1 aromatic rings. The van der Waals surface area contributed by atoms with E-state index in [9.17, 15) is 8.42 Å². The highest BCUT2D eigenvalue weighted by Gasteiger charge is 2.44. The molecule has 0 unspecified atom stereocenters. The van der Waals surface area contributed by atoms with Crippen LogP contribution in [0.2, 0.25) is 16.6 Å². The molecule has 0 aliphatic heterocycles. The molecule has 48 heavy (non-hydrogen) atoms. The largest absolute Gasteiger partial charge is 0.416 e. The van der Waals surface area contributed by atoms with Gasteiger partial charge in [-0.25, -0.2) is 0 Å². The number of allylic oxidation sites excluding steroid dienone is 4. The second-order valence-corrected chi connectivity index (χ2v) is 22.3. The van der Waals surface area contributed by atoms with E-state index in [1.807, 2.05) is 36.6 Å². The average molecular weight is 725 g/mol. The van der Waals surface area contributed by atoms with Crippen LogP contribution in [0.1, 0.15) is 100.0 Å². The molecule has 0 fully saturated rings. The minimum absolute atomic E-state index is 0.141. The van der Waals surface area contributed by atoms with E-state index < -0.39 is 30.6 Å². The zero-order valence-corrected chi connectivity index (χ0v) is 34.6. The first-order valence-corrected chi connectivity index (χ1v) is 23.1. The molecule has 6 nitrogen and oxygen atoms in total. The van der Waals surface area contributed by atoms with Crippen LogP contribution in [0.15, 0.2) is 66.3 Å². The van der Waals surface area contributed by atoms with E-state index in [1.54, 1.807) is 11.8 Å². The molecule has 0 aliphatic rings. The summed E-state index contributed by atoms with van der Waals surface area (Å²) in [6, 6.07) is 10.1. The topological polar surface area (TPSA) is 71.1 Å². The Labute approximate surface area is 300 Å². The highest BCUT2D eigenvalue weighted by molar-refractivity contribution is 7.98. The van der Waals surface area contributed by atoms with Crippen LogP contribution < -0.4 is 0 Å². The molecule has 1 rings (SSSR count). The fraction of sp³-hybridized carbons (Fsp3) is 0.692. The van der Waals surface area contributed by atoms with Gasteiger partial charge in [-0.3, -0.25) is 4.18 Å². The first-order valence-electron chi connectivity index (χ1n) is 17.8. The van der Waals surface area contributed by atoms with Crippen LogP contribution in [0, 0.1) is 11.8 Å². The summed E-state index contributed by atoms with van der Waals surface area (Å²) >= 11 is 1.55. The summed E-state index contributed by atoms with van der Waals surface area (Å²) in [6.07, 6.45) is 12.1. The zero-order valence-electron chi connectivity index (χ0n) is 32.0. The number of thioether (sulfide) groups is 1. The molecular formula is C39H68O6S2Si. The van der Waals surface area contributed by atoms with Crippen molar-refractivity contribution in [1.82, 2.24) is 0 Å². The fourth-order valence-electron chi connectivity index (χ4n) is 6.77. The lowest BCUT2D eigenvalue weighted by molar-refractivity contribution is 0.0173. The molecule has 0 aliphatic carbocycles. The maximum absolute atomic E-state index is 12.3. The lowest BCUT2D eigenvalue weighted by atomic mass is 9.91. The van der Waals surface area contributed by atoms with Gasteiger partial charge >= 0.3 is 0 Å². The van der Waals surface area contributed by atoms with E-state index in [0.29, 0.717) is 48.1 Å². The Balaban J connectivity index is 2.80. The molecule has 0 saturated heterocycles. The summed E-state index contributed by atoms with van der Waals surface area (Å²) in [6.45, 7) is 26.9. The molecule has 0 amide bonds. The van der Waals surface area contributed by atoms with E-state index in [-0.39, 0.29) is 5.92 Å². The molecule has 9 heteroatoms. The van der Waals surface area contributed by atoms with E-state index in [2.05, 4.69) is 87.1 Å². The molecule has 276 valence electrons. The molecular weight excluding hydrogens is 657 g/mol. The van der Waals surface area contributed by atoms with Crippen molar-refractivity contribution in [1.29, 1.82) is 0 Å². The Morgan fingerprint density at radius 1 is 0.979 bits per heavy atom. The minimum Gasteiger partial charge on any atom is -0.416 e. The Hall–Kier alpha value is -1.20. The van der Waals surface area contributed by atoms with Crippen LogP contribution in [0.25, 0.3) is 0 Å². The van der Waals surface area contributed by atoms with E-state index in [1.165, 1.54) is 5.57 Å². The van der Waals surface area contributed by atoms with Gasteiger partial charge in [-0.2, -0.15) is 8.42 Å². The minimum atomic E-state index is -3.69. The first-order chi connectivity index (χ1) is 22.5. The SMILES string of the molecule is C=C(/C=C(\C)[C@@H](C)CCO[Si](C(C)C)(C(C)C)C(C)C)C[C@@H](C)C[C@@H](OS(C)(=O)=O)[C@H](/C=C/CCCOCc1ccccc1)OCSC. The van der Waals surface area contributed by atoms with Crippen molar-refractivity contribution in [3.63, 3.8) is 0 Å². The third kappa shape index (κ3) is 17.1. The van der Waals surface area contributed by atoms with Crippen molar-refractivity contribution in [2.24, 2.45) is 11.8 Å².